The van der Waals surface area contributed by atoms with Crippen LogP contribution in [0.1, 0.15) is 42.4 Å². The van der Waals surface area contributed by atoms with E-state index in [1.807, 2.05) is 0 Å². The standard InChI is InChI=1S/C36H33FN6O7S2/c1-4-18-52(47,48)42-28-21-30-26(31(33-38-16-17-43(33)51(3,45)46)32(50-30)22-6-9-24(37)10-7-22)20-25(28)23-8-11-29(49-2)27(19-23)34(44)41-36(12-13-36)35-39-14-5-15-40-35/h5-11,14-17,19-21,42H,4,12-13,18H2,1-3H3,(H,41,44). The molecule has 3 aromatic carbocycles. The van der Waals surface area contributed by atoms with Crippen molar-refractivity contribution in [2.75, 3.05) is 23.8 Å². The predicted molar refractivity (Wildman–Crippen MR) is 193 cm³/mol. The molecule has 1 aliphatic rings. The number of carbonyl (C=O) groups is 1. The molecule has 1 fully saturated rings. The number of ether oxygens (including phenoxy) is 1. The van der Waals surface area contributed by atoms with Crippen molar-refractivity contribution in [3.63, 3.8) is 0 Å². The molecule has 268 valence electrons. The number of amides is 1. The fraction of sp³-hybridized carbons (Fsp3) is 0.222. The molecule has 52 heavy (non-hydrogen) atoms. The highest BCUT2D eigenvalue weighted by atomic mass is 32.2. The first-order chi connectivity index (χ1) is 24.8. The number of rotatable bonds is 12. The van der Waals surface area contributed by atoms with E-state index in [-0.39, 0.29) is 45.5 Å². The Morgan fingerprint density at radius 3 is 2.35 bits per heavy atom. The normalized spacial score (nSPS) is 13.9. The van der Waals surface area contributed by atoms with Gasteiger partial charge in [0.05, 0.1) is 35.9 Å². The summed E-state index contributed by atoms with van der Waals surface area (Å²) in [7, 11) is -6.26. The number of anilines is 1. The Hall–Kier alpha value is -5.61. The third-order valence-electron chi connectivity index (χ3n) is 8.71. The van der Waals surface area contributed by atoms with Gasteiger partial charge in [-0.05, 0) is 73.4 Å². The van der Waals surface area contributed by atoms with Gasteiger partial charge in [-0.1, -0.05) is 13.0 Å². The van der Waals surface area contributed by atoms with Gasteiger partial charge in [-0.3, -0.25) is 9.52 Å². The summed E-state index contributed by atoms with van der Waals surface area (Å²) in [5.41, 5.74) is 1.26. The first kappa shape index (κ1) is 34.8. The lowest BCUT2D eigenvalue weighted by molar-refractivity contribution is 0.0925. The molecule has 13 nitrogen and oxygen atoms in total. The maximum absolute atomic E-state index is 14.0. The second-order valence-corrected chi connectivity index (χ2v) is 16.2. The fourth-order valence-corrected chi connectivity index (χ4v) is 8.00. The van der Waals surface area contributed by atoms with E-state index in [1.165, 1.54) is 49.8 Å². The van der Waals surface area contributed by atoms with Gasteiger partial charge in [-0.25, -0.2) is 40.2 Å². The Balaban J connectivity index is 1.45. The van der Waals surface area contributed by atoms with E-state index < -0.39 is 37.3 Å². The van der Waals surface area contributed by atoms with Crippen molar-refractivity contribution in [3.8, 4) is 39.6 Å². The third kappa shape index (κ3) is 6.62. The highest BCUT2D eigenvalue weighted by Gasteiger charge is 2.48. The first-order valence-electron chi connectivity index (χ1n) is 16.2. The molecule has 0 aliphatic heterocycles. The number of nitrogens with one attached hydrogen (secondary N) is 2. The van der Waals surface area contributed by atoms with Crippen molar-refractivity contribution in [2.24, 2.45) is 0 Å². The zero-order valence-electron chi connectivity index (χ0n) is 28.3. The summed E-state index contributed by atoms with van der Waals surface area (Å²) < 4.78 is 81.7. The van der Waals surface area contributed by atoms with E-state index >= 15 is 0 Å². The molecule has 0 saturated heterocycles. The minimum Gasteiger partial charge on any atom is -0.496 e. The molecule has 0 unspecified atom stereocenters. The number of imidazole rings is 1. The Bertz CT molecular complexity index is 2550. The van der Waals surface area contributed by atoms with Gasteiger partial charge >= 0.3 is 0 Å². The molecular formula is C36H33FN6O7S2. The molecular weight excluding hydrogens is 712 g/mol. The second-order valence-electron chi connectivity index (χ2n) is 12.5. The van der Waals surface area contributed by atoms with Gasteiger partial charge in [0.2, 0.25) is 20.0 Å². The minimum atomic E-state index is -3.85. The van der Waals surface area contributed by atoms with Gasteiger partial charge in [0.1, 0.15) is 28.4 Å². The summed E-state index contributed by atoms with van der Waals surface area (Å²) in [4.78, 5) is 27.0. The van der Waals surface area contributed by atoms with Crippen molar-refractivity contribution in [1.29, 1.82) is 0 Å². The van der Waals surface area contributed by atoms with Crippen LogP contribution in [0.2, 0.25) is 0 Å². The van der Waals surface area contributed by atoms with Gasteiger partial charge in [0.15, 0.2) is 11.6 Å². The lowest BCUT2D eigenvalue weighted by Gasteiger charge is -2.18. The SMILES string of the molecule is CCCS(=O)(=O)Nc1cc2oc(-c3ccc(F)cc3)c(-c3nccn3S(C)(=O)=O)c2cc1-c1ccc(OC)c(C(=O)NC2(c3ncccn3)CC2)c1. The van der Waals surface area contributed by atoms with Crippen LogP contribution in [-0.4, -0.2) is 60.8 Å². The Labute approximate surface area is 299 Å². The Morgan fingerprint density at radius 1 is 0.981 bits per heavy atom. The van der Waals surface area contributed by atoms with Crippen LogP contribution in [0.5, 0.6) is 5.75 Å². The highest BCUT2D eigenvalue weighted by molar-refractivity contribution is 7.92. The van der Waals surface area contributed by atoms with Crippen LogP contribution in [0.4, 0.5) is 10.1 Å². The first-order valence-corrected chi connectivity index (χ1v) is 19.7. The van der Waals surface area contributed by atoms with Crippen molar-refractivity contribution < 1.29 is 35.2 Å². The smallest absolute Gasteiger partial charge is 0.255 e. The topological polar surface area (TPSA) is 175 Å². The van der Waals surface area contributed by atoms with Gasteiger partial charge < -0.3 is 14.5 Å². The highest BCUT2D eigenvalue weighted by Crippen LogP contribution is 2.46. The number of carbonyl (C=O) groups excluding carboxylic acids is 1. The van der Waals surface area contributed by atoms with Crippen molar-refractivity contribution in [2.45, 2.75) is 31.7 Å². The average molecular weight is 745 g/mol. The van der Waals surface area contributed by atoms with Crippen LogP contribution < -0.4 is 14.8 Å². The van der Waals surface area contributed by atoms with E-state index in [0.29, 0.717) is 47.2 Å². The second kappa shape index (κ2) is 13.2. The molecule has 3 heterocycles. The summed E-state index contributed by atoms with van der Waals surface area (Å²) in [5.74, 6) is -0.128. The largest absolute Gasteiger partial charge is 0.496 e. The number of hydrogen-bond acceptors (Lipinski definition) is 10. The van der Waals surface area contributed by atoms with E-state index in [2.05, 4.69) is 25.0 Å². The number of hydrogen-bond donors (Lipinski definition) is 2. The van der Waals surface area contributed by atoms with Crippen LogP contribution >= 0.6 is 0 Å². The number of fused-ring (bicyclic) bond motifs is 1. The number of benzene rings is 3. The van der Waals surface area contributed by atoms with Gasteiger partial charge in [0.25, 0.3) is 5.91 Å². The predicted octanol–water partition coefficient (Wildman–Crippen LogP) is 5.95. The minimum absolute atomic E-state index is 0.0264. The lowest BCUT2D eigenvalue weighted by Crippen LogP contribution is -2.36. The molecule has 16 heteroatoms. The van der Waals surface area contributed by atoms with E-state index in [0.717, 1.165) is 10.2 Å². The molecule has 6 aromatic rings. The molecule has 1 saturated carbocycles. The third-order valence-corrected chi connectivity index (χ3v) is 11.2. The molecule has 0 radical (unpaired) electrons. The van der Waals surface area contributed by atoms with E-state index in [9.17, 15) is 26.0 Å². The van der Waals surface area contributed by atoms with Crippen molar-refractivity contribution >= 4 is 42.6 Å². The molecule has 1 amide bonds. The molecule has 0 bridgehead atoms. The maximum atomic E-state index is 14.0. The van der Waals surface area contributed by atoms with Crippen molar-refractivity contribution in [1.82, 2.24) is 24.2 Å². The summed E-state index contributed by atoms with van der Waals surface area (Å²) >= 11 is 0. The summed E-state index contributed by atoms with van der Waals surface area (Å²) in [6.45, 7) is 1.74. The Morgan fingerprint density at radius 2 is 1.69 bits per heavy atom. The fourth-order valence-electron chi connectivity index (χ4n) is 6.13. The number of sulfonamides is 1. The van der Waals surface area contributed by atoms with Crippen LogP contribution in [-0.2, 0) is 25.6 Å². The number of halogens is 1. The zero-order valence-corrected chi connectivity index (χ0v) is 29.9. The number of methoxy groups -OCH3 is 1. The van der Waals surface area contributed by atoms with Crippen LogP contribution in [0.15, 0.2) is 89.9 Å². The van der Waals surface area contributed by atoms with E-state index in [1.54, 1.807) is 49.6 Å². The average Bonchev–Trinajstić information content (AvgIpc) is 3.54. The van der Waals surface area contributed by atoms with Gasteiger partial charge in [0, 0.05) is 47.4 Å². The zero-order chi connectivity index (χ0) is 36.8. The maximum Gasteiger partial charge on any atom is 0.255 e. The molecule has 3 aromatic heterocycles. The summed E-state index contributed by atoms with van der Waals surface area (Å²) in [6.07, 6.45) is 8.53. The lowest BCUT2D eigenvalue weighted by atomic mass is 9.97. The quantitative estimate of drug-likeness (QED) is 0.152. The van der Waals surface area contributed by atoms with Crippen LogP contribution in [0.25, 0.3) is 44.8 Å². The van der Waals surface area contributed by atoms with E-state index in [4.69, 9.17) is 9.15 Å². The number of aromatic nitrogens is 4. The van der Waals surface area contributed by atoms with Crippen LogP contribution in [0.3, 0.4) is 0 Å². The molecule has 0 spiro atoms. The summed E-state index contributed by atoms with van der Waals surface area (Å²) in [6, 6.07) is 15.2. The monoisotopic (exact) mass is 744 g/mol. The Kier molecular flexibility index (Phi) is 8.82. The molecule has 2 N–H and O–H groups in total. The van der Waals surface area contributed by atoms with Gasteiger partial charge in [-0.2, -0.15) is 0 Å². The number of nitrogens with zero attached hydrogens (tertiary/aromatic N) is 4. The molecule has 0 atom stereocenters. The summed E-state index contributed by atoms with van der Waals surface area (Å²) in [5, 5.41) is 3.44. The van der Waals surface area contributed by atoms with Crippen molar-refractivity contribution in [3.05, 3.63) is 103 Å². The molecule has 7 rings (SSSR count). The molecule has 1 aliphatic carbocycles. The number of furan rings is 1. The van der Waals surface area contributed by atoms with Gasteiger partial charge in [-0.15, -0.1) is 0 Å². The van der Waals surface area contributed by atoms with Crippen LogP contribution in [0, 0.1) is 5.82 Å².